The molecular formula is C15H28ClN3O2. The zero-order valence-electron chi connectivity index (χ0n) is 13.3. The van der Waals surface area contributed by atoms with Crippen LogP contribution in [-0.2, 0) is 9.59 Å². The summed E-state index contributed by atoms with van der Waals surface area (Å²) in [7, 11) is 0. The SMILES string of the molecule is CC(CC(=O)N1CCNC(=O)C1(C)C)C1CCNCC1.Cl. The lowest BCUT2D eigenvalue weighted by atomic mass is 9.83. The van der Waals surface area contributed by atoms with Crippen LogP contribution in [0.5, 0.6) is 0 Å². The van der Waals surface area contributed by atoms with Crippen LogP contribution in [0.4, 0.5) is 0 Å². The van der Waals surface area contributed by atoms with Gasteiger partial charge in [0.2, 0.25) is 11.8 Å². The fourth-order valence-corrected chi connectivity index (χ4v) is 3.30. The topological polar surface area (TPSA) is 61.4 Å². The number of hydrogen-bond donors (Lipinski definition) is 2. The highest BCUT2D eigenvalue weighted by atomic mass is 35.5. The predicted molar refractivity (Wildman–Crippen MR) is 85.4 cm³/mol. The molecule has 2 aliphatic rings. The molecule has 5 nitrogen and oxygen atoms in total. The highest BCUT2D eigenvalue weighted by Gasteiger charge is 2.40. The Morgan fingerprint density at radius 3 is 2.57 bits per heavy atom. The standard InChI is InChI=1S/C15H27N3O2.ClH/c1-11(12-4-6-16-7-5-12)10-13(19)18-9-8-17-14(20)15(18,2)3;/h11-12,16H,4-10H2,1-3H3,(H,17,20);1H. The van der Waals surface area contributed by atoms with Crippen molar-refractivity contribution >= 4 is 24.2 Å². The summed E-state index contributed by atoms with van der Waals surface area (Å²) in [4.78, 5) is 26.2. The molecule has 0 aromatic heterocycles. The minimum Gasteiger partial charge on any atom is -0.352 e. The van der Waals surface area contributed by atoms with Gasteiger partial charge in [0.25, 0.3) is 0 Å². The monoisotopic (exact) mass is 317 g/mol. The summed E-state index contributed by atoms with van der Waals surface area (Å²) in [6.45, 7) is 9.13. The first-order valence-corrected chi connectivity index (χ1v) is 7.72. The average molecular weight is 318 g/mol. The zero-order valence-corrected chi connectivity index (χ0v) is 14.1. The summed E-state index contributed by atoms with van der Waals surface area (Å²) in [5.74, 6) is 1.09. The van der Waals surface area contributed by atoms with Crippen molar-refractivity contribution < 1.29 is 9.59 Å². The van der Waals surface area contributed by atoms with Crippen molar-refractivity contribution in [2.45, 2.75) is 45.6 Å². The summed E-state index contributed by atoms with van der Waals surface area (Å²) in [5, 5.41) is 6.19. The number of nitrogens with one attached hydrogen (secondary N) is 2. The molecule has 0 aromatic carbocycles. The Hall–Kier alpha value is -0.810. The maximum Gasteiger partial charge on any atom is 0.245 e. The molecular weight excluding hydrogens is 290 g/mol. The smallest absolute Gasteiger partial charge is 0.245 e. The van der Waals surface area contributed by atoms with Crippen molar-refractivity contribution in [3.63, 3.8) is 0 Å². The van der Waals surface area contributed by atoms with E-state index in [0.717, 1.165) is 25.9 Å². The van der Waals surface area contributed by atoms with Gasteiger partial charge in [0, 0.05) is 19.5 Å². The number of hydrogen-bond acceptors (Lipinski definition) is 3. The van der Waals surface area contributed by atoms with Gasteiger partial charge in [-0.2, -0.15) is 0 Å². The van der Waals surface area contributed by atoms with E-state index in [1.165, 1.54) is 0 Å². The normalized spacial score (nSPS) is 24.0. The molecule has 2 rings (SSSR count). The number of rotatable bonds is 3. The van der Waals surface area contributed by atoms with E-state index in [4.69, 9.17) is 0 Å². The second-order valence-electron chi connectivity index (χ2n) is 6.63. The van der Waals surface area contributed by atoms with Gasteiger partial charge >= 0.3 is 0 Å². The fraction of sp³-hybridized carbons (Fsp3) is 0.867. The van der Waals surface area contributed by atoms with E-state index in [0.29, 0.717) is 31.3 Å². The third-order valence-corrected chi connectivity index (χ3v) is 4.84. The summed E-state index contributed by atoms with van der Waals surface area (Å²) in [6, 6.07) is 0. The van der Waals surface area contributed by atoms with Crippen molar-refractivity contribution in [1.82, 2.24) is 15.5 Å². The minimum atomic E-state index is -0.719. The molecule has 2 fully saturated rings. The van der Waals surface area contributed by atoms with E-state index in [1.807, 2.05) is 13.8 Å². The highest BCUT2D eigenvalue weighted by molar-refractivity contribution is 5.91. The molecule has 0 radical (unpaired) electrons. The van der Waals surface area contributed by atoms with Gasteiger partial charge in [-0.1, -0.05) is 6.92 Å². The Morgan fingerprint density at radius 2 is 1.95 bits per heavy atom. The van der Waals surface area contributed by atoms with Crippen LogP contribution in [0.1, 0.15) is 40.0 Å². The molecule has 0 saturated carbocycles. The predicted octanol–water partition coefficient (Wildman–Crippen LogP) is 1.17. The molecule has 2 amide bonds. The van der Waals surface area contributed by atoms with Crippen LogP contribution >= 0.6 is 12.4 Å². The van der Waals surface area contributed by atoms with E-state index < -0.39 is 5.54 Å². The first-order valence-electron chi connectivity index (χ1n) is 7.72. The van der Waals surface area contributed by atoms with Crippen molar-refractivity contribution in [3.8, 4) is 0 Å². The van der Waals surface area contributed by atoms with Crippen LogP contribution in [0.25, 0.3) is 0 Å². The fourth-order valence-electron chi connectivity index (χ4n) is 3.30. The molecule has 2 saturated heterocycles. The van der Waals surface area contributed by atoms with Crippen molar-refractivity contribution in [3.05, 3.63) is 0 Å². The number of nitrogens with zero attached hydrogens (tertiary/aromatic N) is 1. The number of piperidine rings is 1. The van der Waals surface area contributed by atoms with Gasteiger partial charge in [-0.05, 0) is 51.6 Å². The molecule has 0 aromatic rings. The van der Waals surface area contributed by atoms with Gasteiger partial charge in [0.05, 0.1) is 0 Å². The lowest BCUT2D eigenvalue weighted by Gasteiger charge is -2.42. The summed E-state index contributed by atoms with van der Waals surface area (Å²) in [5.41, 5.74) is -0.719. The van der Waals surface area contributed by atoms with Gasteiger partial charge in [0.15, 0.2) is 0 Å². The Labute approximate surface area is 133 Å². The Kier molecular flexibility index (Phi) is 6.47. The first kappa shape index (κ1) is 18.2. The van der Waals surface area contributed by atoms with Crippen LogP contribution in [0.3, 0.4) is 0 Å². The molecule has 1 unspecified atom stereocenters. The van der Waals surface area contributed by atoms with Gasteiger partial charge in [0.1, 0.15) is 5.54 Å². The Morgan fingerprint density at radius 1 is 1.33 bits per heavy atom. The van der Waals surface area contributed by atoms with E-state index >= 15 is 0 Å². The molecule has 1 atom stereocenters. The van der Waals surface area contributed by atoms with Gasteiger partial charge < -0.3 is 15.5 Å². The van der Waals surface area contributed by atoms with Crippen molar-refractivity contribution in [2.24, 2.45) is 11.8 Å². The number of amides is 2. The molecule has 2 heterocycles. The lowest BCUT2D eigenvalue weighted by Crippen LogP contribution is -2.63. The van der Waals surface area contributed by atoms with Crippen LogP contribution in [0, 0.1) is 11.8 Å². The minimum absolute atomic E-state index is 0. The van der Waals surface area contributed by atoms with Crippen LogP contribution in [0.2, 0.25) is 0 Å². The Bertz CT molecular complexity index is 381. The Balaban J connectivity index is 0.00000220. The first-order chi connectivity index (χ1) is 9.43. The quantitative estimate of drug-likeness (QED) is 0.821. The van der Waals surface area contributed by atoms with Crippen LogP contribution in [0.15, 0.2) is 0 Å². The molecule has 0 spiro atoms. The molecule has 0 bridgehead atoms. The molecule has 2 aliphatic heterocycles. The van der Waals surface area contributed by atoms with E-state index in [2.05, 4.69) is 17.6 Å². The molecule has 122 valence electrons. The summed E-state index contributed by atoms with van der Waals surface area (Å²) >= 11 is 0. The van der Waals surface area contributed by atoms with Gasteiger partial charge in [-0.25, -0.2) is 0 Å². The van der Waals surface area contributed by atoms with Gasteiger partial charge in [-0.3, -0.25) is 9.59 Å². The largest absolute Gasteiger partial charge is 0.352 e. The number of carbonyl (C=O) groups excluding carboxylic acids is 2. The third-order valence-electron chi connectivity index (χ3n) is 4.84. The number of carbonyl (C=O) groups is 2. The van der Waals surface area contributed by atoms with E-state index in [9.17, 15) is 9.59 Å². The van der Waals surface area contributed by atoms with E-state index in [1.54, 1.807) is 4.90 Å². The molecule has 0 aliphatic carbocycles. The van der Waals surface area contributed by atoms with Gasteiger partial charge in [-0.15, -0.1) is 12.4 Å². The second kappa shape index (κ2) is 7.45. The maximum absolute atomic E-state index is 12.5. The van der Waals surface area contributed by atoms with Crippen molar-refractivity contribution in [1.29, 1.82) is 0 Å². The second-order valence-corrected chi connectivity index (χ2v) is 6.63. The zero-order chi connectivity index (χ0) is 14.8. The summed E-state index contributed by atoms with van der Waals surface area (Å²) < 4.78 is 0. The highest BCUT2D eigenvalue weighted by Crippen LogP contribution is 2.27. The van der Waals surface area contributed by atoms with Crippen LogP contribution in [-0.4, -0.2) is 48.4 Å². The molecule has 2 N–H and O–H groups in total. The molecule has 21 heavy (non-hydrogen) atoms. The van der Waals surface area contributed by atoms with Crippen molar-refractivity contribution in [2.75, 3.05) is 26.2 Å². The maximum atomic E-state index is 12.5. The lowest BCUT2D eigenvalue weighted by molar-refractivity contribution is -0.150. The average Bonchev–Trinajstić information content (AvgIpc) is 2.42. The third kappa shape index (κ3) is 4.10. The number of piperazine rings is 1. The van der Waals surface area contributed by atoms with E-state index in [-0.39, 0.29) is 24.2 Å². The molecule has 6 heteroatoms. The summed E-state index contributed by atoms with van der Waals surface area (Å²) in [6.07, 6.45) is 2.86. The van der Waals surface area contributed by atoms with Crippen LogP contribution < -0.4 is 10.6 Å². The number of halogens is 1.